The second kappa shape index (κ2) is 9.80. The van der Waals surface area contributed by atoms with E-state index in [1.165, 1.54) is 43.5 Å². The highest BCUT2D eigenvalue weighted by Gasteiger charge is 2.27. The molecule has 0 unspecified atom stereocenters. The maximum Gasteiger partial charge on any atom is 0.264 e. The second-order valence-corrected chi connectivity index (χ2v) is 8.87. The lowest BCUT2D eigenvalue weighted by Gasteiger charge is -2.24. The first-order valence-corrected chi connectivity index (χ1v) is 11.0. The van der Waals surface area contributed by atoms with Gasteiger partial charge in [-0.05, 0) is 66.2 Å². The van der Waals surface area contributed by atoms with E-state index in [4.69, 9.17) is 16.3 Å². The minimum atomic E-state index is -4.10. The summed E-state index contributed by atoms with van der Waals surface area (Å²) >= 11 is 5.85. The number of hydrogen-bond donors (Lipinski definition) is 1. The predicted molar refractivity (Wildman–Crippen MR) is 117 cm³/mol. The molecule has 6 nitrogen and oxygen atoms in total. The van der Waals surface area contributed by atoms with E-state index in [9.17, 15) is 17.6 Å². The second-order valence-electron chi connectivity index (χ2n) is 6.57. The molecule has 0 heterocycles. The van der Waals surface area contributed by atoms with E-state index >= 15 is 0 Å². The number of methoxy groups -OCH3 is 1. The fourth-order valence-corrected chi connectivity index (χ4v) is 4.33. The molecule has 3 aromatic rings. The van der Waals surface area contributed by atoms with Crippen LogP contribution in [0.25, 0.3) is 0 Å². The normalized spacial score (nSPS) is 11.1. The van der Waals surface area contributed by atoms with Crippen LogP contribution in [-0.4, -0.2) is 28.0 Å². The van der Waals surface area contributed by atoms with Crippen molar-refractivity contribution in [1.82, 2.24) is 5.32 Å². The van der Waals surface area contributed by atoms with E-state index in [0.29, 0.717) is 10.8 Å². The van der Waals surface area contributed by atoms with Crippen molar-refractivity contribution in [3.05, 3.63) is 89.2 Å². The summed E-state index contributed by atoms with van der Waals surface area (Å²) in [5.41, 5.74) is 0.975. The van der Waals surface area contributed by atoms with Crippen molar-refractivity contribution in [2.75, 3.05) is 18.0 Å². The number of carbonyl (C=O) groups is 1. The van der Waals surface area contributed by atoms with Gasteiger partial charge in [0.2, 0.25) is 5.91 Å². The van der Waals surface area contributed by atoms with E-state index in [0.717, 1.165) is 22.0 Å². The zero-order valence-corrected chi connectivity index (χ0v) is 18.2. The van der Waals surface area contributed by atoms with Crippen LogP contribution < -0.4 is 14.4 Å². The first-order valence-electron chi connectivity index (χ1n) is 9.23. The van der Waals surface area contributed by atoms with Gasteiger partial charge in [-0.1, -0.05) is 23.7 Å². The summed E-state index contributed by atoms with van der Waals surface area (Å²) in [6.45, 7) is -0.274. The Kier molecular flexibility index (Phi) is 7.14. The summed E-state index contributed by atoms with van der Waals surface area (Å²) in [5, 5.41) is 3.26. The Bertz CT molecular complexity index is 1140. The molecule has 0 radical (unpaired) electrons. The smallest absolute Gasteiger partial charge is 0.264 e. The molecule has 3 aromatic carbocycles. The molecule has 1 amide bonds. The standard InChI is InChI=1S/C22H20ClFN2O4S/c1-30-20-10-12-21(13-11-20)31(28,29)26(19-8-6-18(24)7-9-19)15-22(27)25-14-16-2-4-17(23)5-3-16/h2-13H,14-15H2,1H3,(H,25,27). The lowest BCUT2D eigenvalue weighted by Crippen LogP contribution is -2.40. The zero-order chi connectivity index (χ0) is 22.4. The maximum absolute atomic E-state index is 13.4. The van der Waals surface area contributed by atoms with E-state index in [2.05, 4.69) is 5.32 Å². The number of carbonyl (C=O) groups excluding carboxylic acids is 1. The number of rotatable bonds is 8. The summed E-state index contributed by atoms with van der Waals surface area (Å²) in [7, 11) is -2.63. The fourth-order valence-electron chi connectivity index (χ4n) is 2.79. The number of benzene rings is 3. The van der Waals surface area contributed by atoms with Gasteiger partial charge in [-0.15, -0.1) is 0 Å². The molecular formula is C22H20ClFN2O4S. The van der Waals surface area contributed by atoms with Crippen LogP contribution in [0.1, 0.15) is 5.56 Å². The van der Waals surface area contributed by atoms with Crippen LogP contribution in [0.3, 0.4) is 0 Å². The SMILES string of the molecule is COc1ccc(S(=O)(=O)N(CC(=O)NCc2ccc(Cl)cc2)c2ccc(F)cc2)cc1. The Balaban J connectivity index is 1.84. The van der Waals surface area contributed by atoms with Crippen molar-refractivity contribution >= 4 is 33.2 Å². The summed E-state index contributed by atoms with van der Waals surface area (Å²) in [6.07, 6.45) is 0. The number of nitrogens with zero attached hydrogens (tertiary/aromatic N) is 1. The molecule has 0 aromatic heterocycles. The molecule has 9 heteroatoms. The summed E-state index contributed by atoms with van der Waals surface area (Å²) in [6, 6.07) is 17.6. The van der Waals surface area contributed by atoms with Crippen LogP contribution in [0.4, 0.5) is 10.1 Å². The van der Waals surface area contributed by atoms with Crippen LogP contribution in [0.5, 0.6) is 5.75 Å². The van der Waals surface area contributed by atoms with Crippen molar-refractivity contribution < 1.29 is 22.3 Å². The average Bonchev–Trinajstić information content (AvgIpc) is 2.78. The number of sulfonamides is 1. The Morgan fingerprint density at radius 2 is 1.61 bits per heavy atom. The molecule has 0 spiro atoms. The summed E-state index contributed by atoms with van der Waals surface area (Å²) < 4.78 is 45.9. The molecule has 0 aliphatic rings. The third kappa shape index (κ3) is 5.74. The van der Waals surface area contributed by atoms with E-state index in [-0.39, 0.29) is 17.1 Å². The van der Waals surface area contributed by atoms with Gasteiger partial charge in [0.05, 0.1) is 17.7 Å². The molecule has 0 fully saturated rings. The molecule has 0 aliphatic carbocycles. The lowest BCUT2D eigenvalue weighted by atomic mass is 10.2. The molecule has 0 saturated heterocycles. The van der Waals surface area contributed by atoms with Gasteiger partial charge >= 0.3 is 0 Å². The van der Waals surface area contributed by atoms with Crippen molar-refractivity contribution in [3.8, 4) is 5.75 Å². The van der Waals surface area contributed by atoms with Crippen molar-refractivity contribution in [2.24, 2.45) is 0 Å². The molecule has 0 atom stereocenters. The van der Waals surface area contributed by atoms with E-state index < -0.39 is 28.3 Å². The fraction of sp³-hybridized carbons (Fsp3) is 0.136. The monoisotopic (exact) mass is 462 g/mol. The predicted octanol–water partition coefficient (Wildman–Crippen LogP) is 4.00. The number of hydrogen-bond acceptors (Lipinski definition) is 4. The van der Waals surface area contributed by atoms with Gasteiger partial charge in [0.25, 0.3) is 10.0 Å². The number of halogens is 2. The van der Waals surface area contributed by atoms with Gasteiger partial charge in [-0.2, -0.15) is 0 Å². The Morgan fingerprint density at radius 3 is 2.19 bits per heavy atom. The molecular weight excluding hydrogens is 443 g/mol. The van der Waals surface area contributed by atoms with Crippen LogP contribution >= 0.6 is 11.6 Å². The number of ether oxygens (including phenoxy) is 1. The minimum absolute atomic E-state index is 0.0249. The van der Waals surface area contributed by atoms with Crippen molar-refractivity contribution in [1.29, 1.82) is 0 Å². The molecule has 162 valence electrons. The van der Waals surface area contributed by atoms with Gasteiger partial charge in [0.1, 0.15) is 18.1 Å². The van der Waals surface area contributed by atoms with Gasteiger partial charge in [-0.3, -0.25) is 9.10 Å². The first-order chi connectivity index (χ1) is 14.8. The Hall–Kier alpha value is -3.10. The van der Waals surface area contributed by atoms with Gasteiger partial charge in [-0.25, -0.2) is 12.8 Å². The zero-order valence-electron chi connectivity index (χ0n) is 16.6. The topological polar surface area (TPSA) is 75.7 Å². The third-order valence-corrected chi connectivity index (χ3v) is 6.49. The molecule has 0 saturated carbocycles. The quantitative estimate of drug-likeness (QED) is 0.549. The number of anilines is 1. The summed E-state index contributed by atoms with van der Waals surface area (Å²) in [5.74, 6) is -0.540. The van der Waals surface area contributed by atoms with Gasteiger partial charge in [0, 0.05) is 11.6 Å². The Labute approximate surface area is 185 Å². The third-order valence-electron chi connectivity index (χ3n) is 4.45. The average molecular weight is 463 g/mol. The summed E-state index contributed by atoms with van der Waals surface area (Å²) in [4.78, 5) is 12.6. The van der Waals surface area contributed by atoms with Crippen LogP contribution in [-0.2, 0) is 21.4 Å². The van der Waals surface area contributed by atoms with Gasteiger partial charge < -0.3 is 10.1 Å². The van der Waals surface area contributed by atoms with Crippen LogP contribution in [0.15, 0.2) is 77.7 Å². The van der Waals surface area contributed by atoms with E-state index in [1.54, 1.807) is 24.3 Å². The highest BCUT2D eigenvalue weighted by atomic mass is 35.5. The lowest BCUT2D eigenvalue weighted by molar-refractivity contribution is -0.119. The Morgan fingerprint density at radius 1 is 1.00 bits per heavy atom. The number of nitrogens with one attached hydrogen (secondary N) is 1. The van der Waals surface area contributed by atoms with Crippen molar-refractivity contribution in [3.63, 3.8) is 0 Å². The van der Waals surface area contributed by atoms with Crippen LogP contribution in [0, 0.1) is 5.82 Å². The molecule has 3 rings (SSSR count). The molecule has 0 bridgehead atoms. The van der Waals surface area contributed by atoms with Crippen LogP contribution in [0.2, 0.25) is 5.02 Å². The van der Waals surface area contributed by atoms with Gasteiger partial charge in [0.15, 0.2) is 0 Å². The number of amides is 1. The molecule has 0 aliphatic heterocycles. The maximum atomic E-state index is 13.4. The highest BCUT2D eigenvalue weighted by molar-refractivity contribution is 7.92. The largest absolute Gasteiger partial charge is 0.497 e. The molecule has 1 N–H and O–H groups in total. The molecule has 31 heavy (non-hydrogen) atoms. The first kappa shape index (κ1) is 22.6. The highest BCUT2D eigenvalue weighted by Crippen LogP contribution is 2.25. The van der Waals surface area contributed by atoms with E-state index in [1.807, 2.05) is 0 Å². The van der Waals surface area contributed by atoms with Crippen molar-refractivity contribution in [2.45, 2.75) is 11.4 Å². The minimum Gasteiger partial charge on any atom is -0.497 e.